The summed E-state index contributed by atoms with van der Waals surface area (Å²) in [5.41, 5.74) is 1.82. The van der Waals surface area contributed by atoms with Crippen molar-refractivity contribution >= 4 is 5.69 Å². The lowest BCUT2D eigenvalue weighted by Crippen LogP contribution is -1.99. The van der Waals surface area contributed by atoms with E-state index in [9.17, 15) is 8.78 Å². The van der Waals surface area contributed by atoms with Gasteiger partial charge in [-0.05, 0) is 42.0 Å². The van der Waals surface area contributed by atoms with E-state index in [1.165, 1.54) is 24.3 Å². The van der Waals surface area contributed by atoms with Gasteiger partial charge in [0.2, 0.25) is 0 Å². The van der Waals surface area contributed by atoms with Crippen LogP contribution in [0, 0.1) is 11.6 Å². The largest absolute Gasteiger partial charge is 0.381 e. The second-order valence-electron chi connectivity index (χ2n) is 3.49. The average molecular weight is 219 g/mol. The van der Waals surface area contributed by atoms with Crippen molar-refractivity contribution < 1.29 is 8.78 Å². The summed E-state index contributed by atoms with van der Waals surface area (Å²) < 4.78 is 25.3. The average Bonchev–Trinajstić information content (AvgIpc) is 2.30. The number of benzene rings is 2. The fourth-order valence-electron chi connectivity index (χ4n) is 1.37. The molecule has 0 aliphatic rings. The highest BCUT2D eigenvalue weighted by Crippen LogP contribution is 2.10. The predicted octanol–water partition coefficient (Wildman–Crippen LogP) is 3.58. The van der Waals surface area contributed by atoms with Crippen LogP contribution in [0.5, 0.6) is 0 Å². The van der Waals surface area contributed by atoms with Gasteiger partial charge in [0.25, 0.3) is 0 Å². The fraction of sp³-hybridized carbons (Fsp3) is 0.0769. The smallest absolute Gasteiger partial charge is 0.123 e. The second-order valence-corrected chi connectivity index (χ2v) is 3.49. The molecular formula is C13H11F2N. The van der Waals surface area contributed by atoms with E-state index in [2.05, 4.69) is 5.32 Å². The lowest BCUT2D eigenvalue weighted by atomic mass is 10.2. The minimum absolute atomic E-state index is 0.245. The number of anilines is 1. The Balaban J connectivity index is 1.97. The Morgan fingerprint density at radius 3 is 1.81 bits per heavy atom. The van der Waals surface area contributed by atoms with E-state index in [4.69, 9.17) is 0 Å². The van der Waals surface area contributed by atoms with Crippen LogP contribution in [-0.4, -0.2) is 0 Å². The molecule has 0 saturated heterocycles. The Morgan fingerprint density at radius 2 is 1.25 bits per heavy atom. The number of hydrogen-bond acceptors (Lipinski definition) is 1. The van der Waals surface area contributed by atoms with Crippen molar-refractivity contribution in [1.29, 1.82) is 0 Å². The number of halogens is 2. The van der Waals surface area contributed by atoms with E-state index in [1.54, 1.807) is 24.3 Å². The summed E-state index contributed by atoms with van der Waals surface area (Å²) in [5, 5.41) is 3.12. The summed E-state index contributed by atoms with van der Waals surface area (Å²) in [6, 6.07) is 12.4. The van der Waals surface area contributed by atoms with Crippen LogP contribution in [0.15, 0.2) is 48.5 Å². The highest BCUT2D eigenvalue weighted by Gasteiger charge is 1.95. The summed E-state index contributed by atoms with van der Waals surface area (Å²) in [6.07, 6.45) is 0. The van der Waals surface area contributed by atoms with Crippen molar-refractivity contribution in [2.75, 3.05) is 5.32 Å². The third-order valence-corrected chi connectivity index (χ3v) is 2.25. The second kappa shape index (κ2) is 4.75. The molecule has 0 fully saturated rings. The maximum atomic E-state index is 12.6. The van der Waals surface area contributed by atoms with Crippen LogP contribution in [0.4, 0.5) is 14.5 Å². The van der Waals surface area contributed by atoms with Gasteiger partial charge in [0.1, 0.15) is 11.6 Å². The van der Waals surface area contributed by atoms with Gasteiger partial charge in [-0.2, -0.15) is 0 Å². The highest BCUT2D eigenvalue weighted by molar-refractivity contribution is 5.43. The number of rotatable bonds is 3. The van der Waals surface area contributed by atoms with E-state index < -0.39 is 0 Å². The van der Waals surface area contributed by atoms with Crippen molar-refractivity contribution in [3.8, 4) is 0 Å². The maximum Gasteiger partial charge on any atom is 0.123 e. The molecule has 1 nitrogen and oxygen atoms in total. The van der Waals surface area contributed by atoms with Crippen LogP contribution in [-0.2, 0) is 6.54 Å². The minimum atomic E-state index is -0.257. The molecule has 0 heterocycles. The molecule has 0 atom stereocenters. The lowest BCUT2D eigenvalue weighted by molar-refractivity contribution is 0.626. The molecule has 1 N–H and O–H groups in total. The van der Waals surface area contributed by atoms with Gasteiger partial charge in [-0.3, -0.25) is 0 Å². The SMILES string of the molecule is Fc1ccc(CNc2ccc(F)cc2)cc1. The molecule has 0 amide bonds. The molecule has 2 aromatic carbocycles. The Bertz CT molecular complexity index is 403. The van der Waals surface area contributed by atoms with Crippen molar-refractivity contribution in [2.45, 2.75) is 6.54 Å². The quantitative estimate of drug-likeness (QED) is 0.832. The topological polar surface area (TPSA) is 12.0 Å². The van der Waals surface area contributed by atoms with Gasteiger partial charge in [-0.25, -0.2) is 8.78 Å². The van der Waals surface area contributed by atoms with Gasteiger partial charge in [0, 0.05) is 12.2 Å². The molecule has 0 unspecified atom stereocenters. The molecular weight excluding hydrogens is 208 g/mol. The zero-order valence-corrected chi connectivity index (χ0v) is 8.58. The van der Waals surface area contributed by atoms with Crippen molar-refractivity contribution in [3.63, 3.8) is 0 Å². The molecule has 0 saturated carbocycles. The molecule has 0 aromatic heterocycles. The van der Waals surface area contributed by atoms with Crippen LogP contribution in [0.25, 0.3) is 0 Å². The number of hydrogen-bond donors (Lipinski definition) is 1. The Labute approximate surface area is 92.7 Å². The molecule has 0 aliphatic carbocycles. The maximum absolute atomic E-state index is 12.6. The molecule has 16 heavy (non-hydrogen) atoms. The van der Waals surface area contributed by atoms with E-state index in [1.807, 2.05) is 0 Å². The monoisotopic (exact) mass is 219 g/mol. The third kappa shape index (κ3) is 2.79. The molecule has 2 rings (SSSR count). The standard InChI is InChI=1S/C13H11F2N/c14-11-3-1-10(2-4-11)9-16-13-7-5-12(15)6-8-13/h1-8,16H,9H2. The summed E-state index contributed by atoms with van der Waals surface area (Å²) >= 11 is 0. The predicted molar refractivity (Wildman–Crippen MR) is 60.1 cm³/mol. The first kappa shape index (κ1) is 10.6. The van der Waals surface area contributed by atoms with Gasteiger partial charge < -0.3 is 5.32 Å². The molecule has 0 bridgehead atoms. The van der Waals surface area contributed by atoms with E-state index in [-0.39, 0.29) is 11.6 Å². The molecule has 0 spiro atoms. The van der Waals surface area contributed by atoms with Crippen LogP contribution in [0.3, 0.4) is 0 Å². The summed E-state index contributed by atoms with van der Waals surface area (Å²) in [4.78, 5) is 0. The van der Waals surface area contributed by atoms with Crippen molar-refractivity contribution in [3.05, 3.63) is 65.7 Å². The molecule has 3 heteroatoms. The van der Waals surface area contributed by atoms with Gasteiger partial charge in [0.05, 0.1) is 0 Å². The first-order valence-electron chi connectivity index (χ1n) is 4.98. The highest BCUT2D eigenvalue weighted by atomic mass is 19.1. The Kier molecular flexibility index (Phi) is 3.15. The van der Waals surface area contributed by atoms with Crippen LogP contribution < -0.4 is 5.32 Å². The fourth-order valence-corrected chi connectivity index (χ4v) is 1.37. The summed E-state index contributed by atoms with van der Waals surface area (Å²) in [6.45, 7) is 0.589. The first-order chi connectivity index (χ1) is 7.74. The van der Waals surface area contributed by atoms with Gasteiger partial charge >= 0.3 is 0 Å². The normalized spacial score (nSPS) is 10.1. The first-order valence-corrected chi connectivity index (χ1v) is 4.98. The van der Waals surface area contributed by atoms with Gasteiger partial charge in [-0.1, -0.05) is 12.1 Å². The van der Waals surface area contributed by atoms with Gasteiger partial charge in [-0.15, -0.1) is 0 Å². The molecule has 2 aromatic rings. The third-order valence-electron chi connectivity index (χ3n) is 2.25. The van der Waals surface area contributed by atoms with Crippen molar-refractivity contribution in [2.24, 2.45) is 0 Å². The zero-order valence-electron chi connectivity index (χ0n) is 8.58. The molecule has 82 valence electrons. The van der Waals surface area contributed by atoms with E-state index in [0.717, 1.165) is 11.3 Å². The summed E-state index contributed by atoms with van der Waals surface area (Å²) in [5.74, 6) is -0.502. The van der Waals surface area contributed by atoms with Crippen LogP contribution in [0.2, 0.25) is 0 Å². The molecule has 0 aliphatic heterocycles. The zero-order chi connectivity index (χ0) is 11.4. The van der Waals surface area contributed by atoms with Gasteiger partial charge in [0.15, 0.2) is 0 Å². The molecule has 0 radical (unpaired) electrons. The minimum Gasteiger partial charge on any atom is -0.381 e. The Morgan fingerprint density at radius 1 is 0.750 bits per heavy atom. The Hall–Kier alpha value is -1.90. The lowest BCUT2D eigenvalue weighted by Gasteiger charge is -2.06. The van der Waals surface area contributed by atoms with Crippen molar-refractivity contribution in [1.82, 2.24) is 0 Å². The van der Waals surface area contributed by atoms with E-state index in [0.29, 0.717) is 6.54 Å². The summed E-state index contributed by atoms with van der Waals surface area (Å²) in [7, 11) is 0. The number of nitrogens with one attached hydrogen (secondary N) is 1. The van der Waals surface area contributed by atoms with E-state index >= 15 is 0 Å². The van der Waals surface area contributed by atoms with Crippen LogP contribution >= 0.6 is 0 Å². The van der Waals surface area contributed by atoms with Crippen LogP contribution in [0.1, 0.15) is 5.56 Å².